The maximum Gasteiger partial charge on any atom is 0.317 e. The van der Waals surface area contributed by atoms with Crippen molar-refractivity contribution in [2.75, 3.05) is 6.61 Å². The van der Waals surface area contributed by atoms with Gasteiger partial charge in [0, 0.05) is 12.3 Å². The average Bonchev–Trinajstić information content (AvgIpc) is 2.91. The van der Waals surface area contributed by atoms with Crippen LogP contribution >= 0.6 is 0 Å². The number of carbonyl (C=O) groups excluding carboxylic acids is 2. The van der Waals surface area contributed by atoms with Crippen LogP contribution in [-0.2, 0) is 19.2 Å². The summed E-state index contributed by atoms with van der Waals surface area (Å²) in [5.41, 5.74) is 2.00. The minimum absolute atomic E-state index is 0.132. The summed E-state index contributed by atoms with van der Waals surface area (Å²) in [6.07, 6.45) is -0.118. The number of hydrogen-bond donors (Lipinski definition) is 1. The number of hydroxylamine groups is 1. The molecule has 0 bridgehead atoms. The lowest BCUT2D eigenvalue weighted by Crippen LogP contribution is -2.49. The Bertz CT molecular complexity index is 775. The zero-order valence-corrected chi connectivity index (χ0v) is 14.6. The second-order valence-corrected chi connectivity index (χ2v) is 6.52. The van der Waals surface area contributed by atoms with Crippen molar-refractivity contribution in [3.05, 3.63) is 57.4 Å². The van der Waals surface area contributed by atoms with Gasteiger partial charge in [-0.05, 0) is 25.8 Å². The highest BCUT2D eigenvalue weighted by molar-refractivity contribution is 6.01. The van der Waals surface area contributed by atoms with E-state index in [1.807, 2.05) is 6.07 Å². The van der Waals surface area contributed by atoms with Crippen molar-refractivity contribution >= 4 is 11.8 Å². The number of ketones is 1. The summed E-state index contributed by atoms with van der Waals surface area (Å²) in [6.45, 7) is 3.37. The Morgan fingerprint density at radius 1 is 1.42 bits per heavy atom. The quantitative estimate of drug-likeness (QED) is 0.379. The molecular formula is C18H20N2O6. The molecule has 0 amide bonds. The molecule has 1 aliphatic carbocycles. The lowest BCUT2D eigenvalue weighted by atomic mass is 9.67. The van der Waals surface area contributed by atoms with Crippen LogP contribution in [0.2, 0.25) is 0 Å². The van der Waals surface area contributed by atoms with Gasteiger partial charge < -0.3 is 4.74 Å². The fraction of sp³-hybridized carbons (Fsp3) is 0.444. The Morgan fingerprint density at radius 2 is 2.12 bits per heavy atom. The van der Waals surface area contributed by atoms with Crippen LogP contribution < -0.4 is 5.48 Å². The third kappa shape index (κ3) is 2.96. The number of benzene rings is 1. The Hall–Kier alpha value is -2.74. The molecule has 1 aliphatic heterocycles. The first-order chi connectivity index (χ1) is 12.4. The van der Waals surface area contributed by atoms with E-state index in [0.29, 0.717) is 0 Å². The molecule has 1 aromatic carbocycles. The van der Waals surface area contributed by atoms with E-state index in [1.165, 1.54) is 6.92 Å². The van der Waals surface area contributed by atoms with Gasteiger partial charge in [0.25, 0.3) is 0 Å². The molecule has 3 atom stereocenters. The van der Waals surface area contributed by atoms with Gasteiger partial charge in [-0.1, -0.05) is 30.3 Å². The lowest BCUT2D eigenvalue weighted by Gasteiger charge is -2.37. The third-order valence-electron chi connectivity index (χ3n) is 4.90. The molecule has 0 saturated heterocycles. The summed E-state index contributed by atoms with van der Waals surface area (Å²) in [6, 6.07) is 9.02. The largest absolute Gasteiger partial charge is 0.465 e. The number of nitro groups is 1. The highest BCUT2D eigenvalue weighted by Crippen LogP contribution is 2.48. The van der Waals surface area contributed by atoms with Crippen molar-refractivity contribution in [1.29, 1.82) is 0 Å². The first kappa shape index (κ1) is 18.1. The molecule has 1 spiro atoms. The molecule has 1 N–H and O–H groups in total. The van der Waals surface area contributed by atoms with E-state index in [1.54, 1.807) is 31.2 Å². The lowest BCUT2D eigenvalue weighted by molar-refractivity contribution is -0.443. The number of nitrogens with one attached hydrogen (secondary N) is 1. The molecule has 1 heterocycles. The van der Waals surface area contributed by atoms with Crippen molar-refractivity contribution in [1.82, 2.24) is 5.48 Å². The van der Waals surface area contributed by atoms with Crippen LogP contribution in [-0.4, -0.2) is 28.9 Å². The molecule has 26 heavy (non-hydrogen) atoms. The highest BCUT2D eigenvalue weighted by Gasteiger charge is 2.59. The average molecular weight is 360 g/mol. The van der Waals surface area contributed by atoms with E-state index in [9.17, 15) is 19.7 Å². The first-order valence-corrected chi connectivity index (χ1v) is 8.43. The van der Waals surface area contributed by atoms with Gasteiger partial charge in [-0.25, -0.2) is 0 Å². The normalized spacial score (nSPS) is 28.2. The van der Waals surface area contributed by atoms with Crippen molar-refractivity contribution in [2.24, 2.45) is 5.92 Å². The molecule has 2 aliphatic rings. The number of Topliss-reactive ketones (excluding diaryl/α,β-unsaturated/α-hetero) is 1. The molecule has 8 heteroatoms. The second-order valence-electron chi connectivity index (χ2n) is 6.52. The smallest absolute Gasteiger partial charge is 0.317 e. The minimum Gasteiger partial charge on any atom is -0.465 e. The summed E-state index contributed by atoms with van der Waals surface area (Å²) in [7, 11) is 0. The highest BCUT2D eigenvalue weighted by atomic mass is 16.7. The molecule has 1 aromatic rings. The number of allylic oxidation sites excluding steroid dienone is 1. The fourth-order valence-electron chi connectivity index (χ4n) is 3.87. The summed E-state index contributed by atoms with van der Waals surface area (Å²) < 4.78 is 5.09. The maximum absolute atomic E-state index is 12.9. The zero-order chi connectivity index (χ0) is 18.9. The number of hydrogen-bond acceptors (Lipinski definition) is 7. The van der Waals surface area contributed by atoms with Gasteiger partial charge in [0.15, 0.2) is 11.4 Å². The van der Waals surface area contributed by atoms with Gasteiger partial charge in [-0.15, -0.1) is 0 Å². The van der Waals surface area contributed by atoms with Gasteiger partial charge in [0.2, 0.25) is 0 Å². The molecule has 0 aromatic heterocycles. The van der Waals surface area contributed by atoms with Crippen LogP contribution in [0.5, 0.6) is 0 Å². The molecule has 138 valence electrons. The number of nitrogens with zero attached hydrogens (tertiary/aromatic N) is 1. The Kier molecular flexibility index (Phi) is 4.78. The van der Waals surface area contributed by atoms with Crippen LogP contribution in [0.3, 0.4) is 0 Å². The molecule has 8 nitrogen and oxygen atoms in total. The minimum atomic E-state index is -1.39. The number of carbonyl (C=O) groups is 2. The van der Waals surface area contributed by atoms with Crippen LogP contribution in [0.25, 0.3) is 0 Å². The molecule has 3 rings (SSSR count). The maximum atomic E-state index is 12.9. The van der Waals surface area contributed by atoms with Crippen molar-refractivity contribution < 1.29 is 24.1 Å². The molecule has 0 radical (unpaired) electrons. The van der Waals surface area contributed by atoms with E-state index in [4.69, 9.17) is 9.57 Å². The van der Waals surface area contributed by atoms with Crippen molar-refractivity contribution in [3.63, 3.8) is 0 Å². The first-order valence-electron chi connectivity index (χ1n) is 8.43. The van der Waals surface area contributed by atoms with E-state index in [-0.39, 0.29) is 30.8 Å². The fourth-order valence-corrected chi connectivity index (χ4v) is 3.87. The standard InChI is InChI=1S/C18H20N2O6/c1-3-25-17(22)15-13(12-7-5-4-6-8-12)9-18(10-14(15)21)16(20(23)24)11(2)19-26-18/h4-8,13,15,19H,3,9-10H2,1-2H3/t13-,15-,18+/m0/s1. The van der Waals surface area contributed by atoms with E-state index >= 15 is 0 Å². The van der Waals surface area contributed by atoms with Gasteiger partial charge in [0.1, 0.15) is 11.6 Å². The Balaban J connectivity index is 2.05. The Morgan fingerprint density at radius 3 is 2.73 bits per heavy atom. The number of esters is 1. The summed E-state index contributed by atoms with van der Waals surface area (Å²) in [5.74, 6) is -2.59. The van der Waals surface area contributed by atoms with Crippen LogP contribution in [0, 0.1) is 16.0 Å². The van der Waals surface area contributed by atoms with E-state index in [0.717, 1.165) is 5.56 Å². The summed E-state index contributed by atoms with van der Waals surface area (Å²) >= 11 is 0. The predicted molar refractivity (Wildman–Crippen MR) is 90.2 cm³/mol. The van der Waals surface area contributed by atoms with Crippen LogP contribution in [0.4, 0.5) is 0 Å². The number of ether oxygens (including phenoxy) is 1. The molecular weight excluding hydrogens is 340 g/mol. The number of rotatable bonds is 4. The third-order valence-corrected chi connectivity index (χ3v) is 4.90. The molecule has 1 fully saturated rings. The van der Waals surface area contributed by atoms with Crippen molar-refractivity contribution in [3.8, 4) is 0 Å². The second kappa shape index (κ2) is 6.87. The molecule has 1 saturated carbocycles. The summed E-state index contributed by atoms with van der Waals surface area (Å²) in [4.78, 5) is 41.9. The summed E-state index contributed by atoms with van der Waals surface area (Å²) in [5, 5.41) is 11.6. The van der Waals surface area contributed by atoms with Gasteiger partial charge in [-0.3, -0.25) is 30.0 Å². The van der Waals surface area contributed by atoms with E-state index < -0.39 is 34.1 Å². The van der Waals surface area contributed by atoms with Crippen molar-refractivity contribution in [2.45, 2.75) is 38.2 Å². The van der Waals surface area contributed by atoms with Gasteiger partial charge >= 0.3 is 11.7 Å². The predicted octanol–water partition coefficient (Wildman–Crippen LogP) is 2.09. The van der Waals surface area contributed by atoms with Crippen LogP contribution in [0.1, 0.15) is 38.2 Å². The Labute approximate surface area is 150 Å². The van der Waals surface area contributed by atoms with Gasteiger partial charge in [0.05, 0.1) is 11.5 Å². The monoisotopic (exact) mass is 360 g/mol. The van der Waals surface area contributed by atoms with Crippen LogP contribution in [0.15, 0.2) is 41.7 Å². The van der Waals surface area contributed by atoms with E-state index in [2.05, 4.69) is 5.48 Å². The zero-order valence-electron chi connectivity index (χ0n) is 14.6. The van der Waals surface area contributed by atoms with Gasteiger partial charge in [-0.2, -0.15) is 0 Å². The topological polar surface area (TPSA) is 108 Å². The molecule has 0 unspecified atom stereocenters. The SMILES string of the molecule is CCOC(=O)[C@@H]1C(=O)C[C@@]2(C[C@H]1c1ccccc1)ONC(C)=C2[N+](=O)[O-].